The molecule has 1 N–H and O–H groups in total. The van der Waals surface area contributed by atoms with Crippen LogP contribution in [-0.4, -0.2) is 33.0 Å². The molecule has 0 radical (unpaired) electrons. The molecule has 0 aliphatic carbocycles. The molecule has 0 aliphatic heterocycles. The van der Waals surface area contributed by atoms with E-state index in [4.69, 9.17) is 16.3 Å². The molecule has 1 amide bonds. The van der Waals surface area contributed by atoms with E-state index in [9.17, 15) is 4.79 Å². The minimum atomic E-state index is -0.335. The van der Waals surface area contributed by atoms with E-state index in [0.29, 0.717) is 22.9 Å². The highest BCUT2D eigenvalue weighted by atomic mass is 35.5. The van der Waals surface area contributed by atoms with Crippen molar-refractivity contribution in [2.75, 3.05) is 7.11 Å². The van der Waals surface area contributed by atoms with Crippen molar-refractivity contribution in [3.63, 3.8) is 0 Å². The number of aromatic nitrogens is 4. The number of carbonyl (C=O) groups is 1. The molecule has 4 rings (SSSR count). The predicted octanol–water partition coefficient (Wildman–Crippen LogP) is 3.92. The minimum Gasteiger partial charge on any atom is -0.497 e. The van der Waals surface area contributed by atoms with Crippen molar-refractivity contribution >= 4 is 17.5 Å². The van der Waals surface area contributed by atoms with Gasteiger partial charge in [-0.25, -0.2) is 4.68 Å². The molecule has 0 bridgehead atoms. The first-order valence-corrected chi connectivity index (χ1v) is 9.56. The summed E-state index contributed by atoms with van der Waals surface area (Å²) in [5, 5.41) is 11.8. The Kier molecular flexibility index (Phi) is 5.72. The van der Waals surface area contributed by atoms with Crippen LogP contribution in [0.2, 0.25) is 5.02 Å². The fourth-order valence-electron chi connectivity index (χ4n) is 2.99. The molecule has 2 heterocycles. The van der Waals surface area contributed by atoms with Gasteiger partial charge < -0.3 is 10.1 Å². The van der Waals surface area contributed by atoms with Gasteiger partial charge in [-0.1, -0.05) is 35.0 Å². The molecule has 2 aromatic heterocycles. The van der Waals surface area contributed by atoms with E-state index in [1.165, 1.54) is 0 Å². The van der Waals surface area contributed by atoms with Crippen molar-refractivity contribution in [2.24, 2.45) is 0 Å². The smallest absolute Gasteiger partial charge is 0.274 e. The van der Waals surface area contributed by atoms with Crippen molar-refractivity contribution < 1.29 is 9.53 Å². The number of halogens is 1. The summed E-state index contributed by atoms with van der Waals surface area (Å²) < 4.78 is 6.75. The van der Waals surface area contributed by atoms with Crippen molar-refractivity contribution in [1.29, 1.82) is 0 Å². The number of nitrogens with one attached hydrogen (secondary N) is 1. The summed E-state index contributed by atoms with van der Waals surface area (Å²) in [7, 11) is 1.61. The van der Waals surface area contributed by atoms with E-state index in [-0.39, 0.29) is 11.6 Å². The normalized spacial score (nSPS) is 10.6. The molecule has 2 aromatic carbocycles. The summed E-state index contributed by atoms with van der Waals surface area (Å²) in [5.41, 5.74) is 3.10. The first kappa shape index (κ1) is 19.6. The predicted molar refractivity (Wildman–Crippen MR) is 114 cm³/mol. The zero-order valence-corrected chi connectivity index (χ0v) is 16.9. The van der Waals surface area contributed by atoms with Crippen LogP contribution in [0.1, 0.15) is 16.1 Å². The van der Waals surface area contributed by atoms with Crippen molar-refractivity contribution in [2.45, 2.75) is 6.54 Å². The lowest BCUT2D eigenvalue weighted by atomic mass is 10.1. The Hall–Kier alpha value is -3.71. The third-order valence-corrected chi connectivity index (χ3v) is 4.72. The Bertz CT molecular complexity index is 1160. The van der Waals surface area contributed by atoms with Gasteiger partial charge in [0.15, 0.2) is 5.69 Å². The lowest BCUT2D eigenvalue weighted by Crippen LogP contribution is -2.24. The average molecular weight is 420 g/mol. The number of pyridine rings is 1. The van der Waals surface area contributed by atoms with Gasteiger partial charge in [-0.05, 0) is 48.0 Å². The monoisotopic (exact) mass is 419 g/mol. The number of benzene rings is 2. The molecule has 8 heteroatoms. The number of ether oxygens (including phenoxy) is 1. The van der Waals surface area contributed by atoms with Crippen molar-refractivity contribution in [3.8, 4) is 22.7 Å². The van der Waals surface area contributed by atoms with E-state index < -0.39 is 0 Å². The van der Waals surface area contributed by atoms with Crippen LogP contribution in [0.3, 0.4) is 0 Å². The maximum atomic E-state index is 12.9. The van der Waals surface area contributed by atoms with Gasteiger partial charge >= 0.3 is 0 Å². The number of methoxy groups -OCH3 is 1. The Morgan fingerprint density at radius 1 is 1.13 bits per heavy atom. The summed E-state index contributed by atoms with van der Waals surface area (Å²) in [5.74, 6) is 0.423. The summed E-state index contributed by atoms with van der Waals surface area (Å²) in [6, 6.07) is 18.3. The van der Waals surface area contributed by atoms with Crippen LogP contribution < -0.4 is 10.1 Å². The summed E-state index contributed by atoms with van der Waals surface area (Å²) in [6.07, 6.45) is 3.33. The Labute approximate surface area is 178 Å². The molecule has 7 nitrogen and oxygen atoms in total. The van der Waals surface area contributed by atoms with Crippen LogP contribution in [0.5, 0.6) is 5.75 Å². The van der Waals surface area contributed by atoms with E-state index in [1.807, 2.05) is 42.5 Å². The molecule has 30 heavy (non-hydrogen) atoms. The van der Waals surface area contributed by atoms with Crippen LogP contribution in [0.15, 0.2) is 73.1 Å². The van der Waals surface area contributed by atoms with Gasteiger partial charge in [0.05, 0.1) is 12.8 Å². The molecule has 0 atom stereocenters. The standard InChI is InChI=1S/C22H18ClN5O2/c1-30-19-9-7-15(8-10-19)13-25-22(29)20-21(16-4-3-11-24-14-16)28(27-26-20)18-6-2-5-17(23)12-18/h2-12,14H,13H2,1H3,(H,25,29). The second-order valence-electron chi connectivity index (χ2n) is 6.45. The van der Waals surface area contributed by atoms with Crippen molar-refractivity contribution in [3.05, 3.63) is 89.3 Å². The molecule has 0 saturated heterocycles. The minimum absolute atomic E-state index is 0.205. The first-order valence-electron chi connectivity index (χ1n) is 9.19. The number of rotatable bonds is 6. The highest BCUT2D eigenvalue weighted by molar-refractivity contribution is 6.30. The fraction of sp³-hybridized carbons (Fsp3) is 0.0909. The maximum Gasteiger partial charge on any atom is 0.274 e. The van der Waals surface area contributed by atoms with Gasteiger partial charge in [-0.15, -0.1) is 5.10 Å². The molecular formula is C22H18ClN5O2. The zero-order chi connectivity index (χ0) is 20.9. The van der Waals surface area contributed by atoms with E-state index in [0.717, 1.165) is 16.9 Å². The van der Waals surface area contributed by atoms with Gasteiger partial charge in [-0.2, -0.15) is 0 Å². The quantitative estimate of drug-likeness (QED) is 0.512. The fourth-order valence-corrected chi connectivity index (χ4v) is 3.18. The topological polar surface area (TPSA) is 81.9 Å². The molecule has 4 aromatic rings. The van der Waals surface area contributed by atoms with Crippen LogP contribution in [0, 0.1) is 0 Å². The summed E-state index contributed by atoms with van der Waals surface area (Å²) >= 11 is 6.14. The Morgan fingerprint density at radius 3 is 2.67 bits per heavy atom. The van der Waals surface area contributed by atoms with E-state index >= 15 is 0 Å². The third-order valence-electron chi connectivity index (χ3n) is 4.49. The second kappa shape index (κ2) is 8.75. The van der Waals surface area contributed by atoms with Crippen LogP contribution in [0.4, 0.5) is 0 Å². The van der Waals surface area contributed by atoms with Gasteiger partial charge in [0.25, 0.3) is 5.91 Å². The summed E-state index contributed by atoms with van der Waals surface area (Å²) in [4.78, 5) is 17.1. The highest BCUT2D eigenvalue weighted by Crippen LogP contribution is 2.26. The van der Waals surface area contributed by atoms with Gasteiger partial charge in [-0.3, -0.25) is 9.78 Å². The first-order chi connectivity index (χ1) is 14.7. The third kappa shape index (κ3) is 4.16. The lowest BCUT2D eigenvalue weighted by molar-refractivity contribution is 0.0946. The lowest BCUT2D eigenvalue weighted by Gasteiger charge is -2.09. The SMILES string of the molecule is COc1ccc(CNC(=O)c2nnn(-c3cccc(Cl)c3)c2-c2cccnc2)cc1. The van der Waals surface area contributed by atoms with Crippen LogP contribution >= 0.6 is 11.6 Å². The number of nitrogens with zero attached hydrogens (tertiary/aromatic N) is 4. The van der Waals surface area contributed by atoms with Crippen LogP contribution in [0.25, 0.3) is 16.9 Å². The average Bonchev–Trinajstić information content (AvgIpc) is 3.24. The van der Waals surface area contributed by atoms with Crippen LogP contribution in [-0.2, 0) is 6.54 Å². The van der Waals surface area contributed by atoms with Gasteiger partial charge in [0, 0.05) is 29.5 Å². The molecule has 150 valence electrons. The second-order valence-corrected chi connectivity index (χ2v) is 6.89. The molecular weight excluding hydrogens is 402 g/mol. The largest absolute Gasteiger partial charge is 0.497 e. The number of carbonyl (C=O) groups excluding carboxylic acids is 1. The molecule has 0 saturated carbocycles. The van der Waals surface area contributed by atoms with Crippen molar-refractivity contribution in [1.82, 2.24) is 25.3 Å². The van der Waals surface area contributed by atoms with E-state index in [2.05, 4.69) is 20.6 Å². The Balaban J connectivity index is 1.66. The maximum absolute atomic E-state index is 12.9. The summed E-state index contributed by atoms with van der Waals surface area (Å²) in [6.45, 7) is 0.347. The molecule has 0 fully saturated rings. The number of amides is 1. The molecule has 0 spiro atoms. The van der Waals surface area contributed by atoms with E-state index in [1.54, 1.807) is 42.4 Å². The zero-order valence-electron chi connectivity index (χ0n) is 16.1. The number of hydrogen-bond acceptors (Lipinski definition) is 5. The van der Waals surface area contributed by atoms with Gasteiger partial charge in [0.1, 0.15) is 11.4 Å². The molecule has 0 unspecified atom stereocenters. The highest BCUT2D eigenvalue weighted by Gasteiger charge is 2.22. The molecule has 0 aliphatic rings. The van der Waals surface area contributed by atoms with Gasteiger partial charge in [0.2, 0.25) is 0 Å². The number of hydrogen-bond donors (Lipinski definition) is 1. The Morgan fingerprint density at radius 2 is 1.97 bits per heavy atom.